The van der Waals surface area contributed by atoms with E-state index in [1.165, 1.54) is 0 Å². The van der Waals surface area contributed by atoms with Gasteiger partial charge in [0, 0.05) is 18.5 Å². The van der Waals surface area contributed by atoms with Gasteiger partial charge in [0.2, 0.25) is 0 Å². The third-order valence-electron chi connectivity index (χ3n) is 0.779. The van der Waals surface area contributed by atoms with Gasteiger partial charge < -0.3 is 4.98 Å². The largest absolute Gasteiger partial charge is 0.345 e. The highest BCUT2D eigenvalue weighted by Crippen LogP contribution is 1.85. The first-order valence-corrected chi connectivity index (χ1v) is 2.47. The maximum Gasteiger partial charge on any atom is 0.137 e. The molecule has 1 aromatic rings. The highest BCUT2D eigenvalue weighted by atomic mass is 14.9. The maximum absolute atomic E-state index is 3.91. The number of hydrogen-bond donors (Lipinski definition) is 1. The number of nitrogens with zero attached hydrogens (tertiary/aromatic N) is 1. The highest BCUT2D eigenvalue weighted by molar-refractivity contribution is 4.98. The normalized spacial score (nSPS) is 10.6. The van der Waals surface area contributed by atoms with Gasteiger partial charge in [0.25, 0.3) is 0 Å². The first-order chi connectivity index (χ1) is 3.93. The molecule has 0 saturated carbocycles. The van der Waals surface area contributed by atoms with Crippen LogP contribution in [0.2, 0.25) is 0 Å². The summed E-state index contributed by atoms with van der Waals surface area (Å²) in [4.78, 5) is 6.79. The smallest absolute Gasteiger partial charge is 0.137 e. The maximum atomic E-state index is 3.91. The molecule has 0 bridgehead atoms. The molecule has 0 saturated heterocycles. The van der Waals surface area contributed by atoms with Crippen LogP contribution in [0.4, 0.5) is 0 Å². The van der Waals surface area contributed by atoms with Gasteiger partial charge in [-0.05, 0) is 6.92 Å². The lowest BCUT2D eigenvalue weighted by molar-refractivity contribution is 1.20. The van der Waals surface area contributed by atoms with Gasteiger partial charge in [0.1, 0.15) is 5.82 Å². The van der Waals surface area contributed by atoms with E-state index in [-0.39, 0.29) is 0 Å². The number of H-pyrrole nitrogens is 1. The van der Waals surface area contributed by atoms with Crippen LogP contribution in [-0.2, 0) is 0 Å². The summed E-state index contributed by atoms with van der Waals surface area (Å²) in [5.74, 6) is 0.785. The van der Waals surface area contributed by atoms with E-state index >= 15 is 0 Å². The lowest BCUT2D eigenvalue weighted by Crippen LogP contribution is -1.72. The molecule has 2 nitrogen and oxygen atoms in total. The van der Waals surface area contributed by atoms with Crippen LogP contribution in [0.3, 0.4) is 0 Å². The van der Waals surface area contributed by atoms with Crippen LogP contribution in [0.15, 0.2) is 18.5 Å². The zero-order valence-electron chi connectivity index (χ0n) is 4.68. The summed E-state index contributed by atoms with van der Waals surface area (Å²) in [5.41, 5.74) is 0. The van der Waals surface area contributed by atoms with Crippen molar-refractivity contribution in [1.29, 1.82) is 0 Å². The molecule has 0 aromatic carbocycles. The van der Waals surface area contributed by atoms with E-state index in [9.17, 15) is 0 Å². The third-order valence-corrected chi connectivity index (χ3v) is 0.779. The molecule has 0 unspecified atom stereocenters. The molecule has 1 aromatic heterocycles. The lowest BCUT2D eigenvalue weighted by Gasteiger charge is -1.74. The second kappa shape index (κ2) is 2.31. The molecule has 0 fully saturated rings. The number of aromatic amines is 1. The standard InChI is InChI=1S/C6H7N2/c1-2-3-6-7-4-5-8-6/h2,4-5H,1H3,(H,7,8). The quantitative estimate of drug-likeness (QED) is 0.572. The van der Waals surface area contributed by atoms with Crippen molar-refractivity contribution >= 4 is 0 Å². The third kappa shape index (κ3) is 0.964. The Bertz CT molecular complexity index is 163. The van der Waals surface area contributed by atoms with E-state index in [0.29, 0.717) is 0 Å². The highest BCUT2D eigenvalue weighted by Gasteiger charge is 1.81. The van der Waals surface area contributed by atoms with Crippen LogP contribution in [0.25, 0.3) is 0 Å². The number of nitrogens with one attached hydrogen (secondary N) is 1. The number of hydrogen-bond acceptors (Lipinski definition) is 1. The molecule has 0 aliphatic carbocycles. The van der Waals surface area contributed by atoms with Gasteiger partial charge in [-0.1, -0.05) is 6.08 Å². The molecule has 0 aliphatic rings. The van der Waals surface area contributed by atoms with Crippen molar-refractivity contribution in [3.8, 4) is 0 Å². The fourth-order valence-corrected chi connectivity index (χ4v) is 0.481. The average molecular weight is 107 g/mol. The Morgan fingerprint density at radius 2 is 2.75 bits per heavy atom. The van der Waals surface area contributed by atoms with Crippen LogP contribution in [0.5, 0.6) is 0 Å². The summed E-state index contributed by atoms with van der Waals surface area (Å²) < 4.78 is 0. The van der Waals surface area contributed by atoms with Gasteiger partial charge >= 0.3 is 0 Å². The molecular formula is C6H7N2. The van der Waals surface area contributed by atoms with E-state index < -0.39 is 0 Å². The van der Waals surface area contributed by atoms with Gasteiger partial charge in [0.15, 0.2) is 0 Å². The predicted molar refractivity (Wildman–Crippen MR) is 31.2 cm³/mol. The molecule has 0 atom stereocenters. The summed E-state index contributed by atoms with van der Waals surface area (Å²) in [5, 5.41) is 0. The summed E-state index contributed by atoms with van der Waals surface area (Å²) in [6.45, 7) is 1.91. The second-order valence-electron chi connectivity index (χ2n) is 1.37. The van der Waals surface area contributed by atoms with Crippen molar-refractivity contribution in [1.82, 2.24) is 9.97 Å². The number of imidazole rings is 1. The molecular weight excluding hydrogens is 100 g/mol. The molecule has 8 heavy (non-hydrogen) atoms. The molecule has 41 valence electrons. The summed E-state index contributed by atoms with van der Waals surface area (Å²) >= 11 is 0. The van der Waals surface area contributed by atoms with Gasteiger partial charge in [-0.2, -0.15) is 0 Å². The van der Waals surface area contributed by atoms with Crippen molar-refractivity contribution in [3.05, 3.63) is 30.4 Å². The van der Waals surface area contributed by atoms with Gasteiger partial charge in [-0.15, -0.1) is 0 Å². The monoisotopic (exact) mass is 107 g/mol. The van der Waals surface area contributed by atoms with Crippen molar-refractivity contribution in [2.45, 2.75) is 6.92 Å². The Labute approximate surface area is 48.3 Å². The minimum Gasteiger partial charge on any atom is -0.345 e. The molecule has 0 amide bonds. The Hall–Kier alpha value is -1.05. The number of allylic oxidation sites excluding steroid dienone is 1. The van der Waals surface area contributed by atoms with Crippen LogP contribution in [-0.4, -0.2) is 9.97 Å². The Morgan fingerprint density at radius 1 is 1.88 bits per heavy atom. The molecule has 0 spiro atoms. The fraction of sp³-hybridized carbons (Fsp3) is 0.167. The molecule has 1 radical (unpaired) electrons. The summed E-state index contributed by atoms with van der Waals surface area (Å²) in [6.07, 6.45) is 8.18. The van der Waals surface area contributed by atoms with E-state index in [1.54, 1.807) is 12.4 Å². The van der Waals surface area contributed by atoms with Gasteiger partial charge in [-0.3, -0.25) is 0 Å². The van der Waals surface area contributed by atoms with Crippen LogP contribution in [0.1, 0.15) is 12.7 Å². The van der Waals surface area contributed by atoms with Gasteiger partial charge in [-0.25, -0.2) is 4.98 Å². The number of aromatic nitrogens is 2. The van der Waals surface area contributed by atoms with Gasteiger partial charge in [0.05, 0.1) is 0 Å². The van der Waals surface area contributed by atoms with E-state index in [1.807, 2.05) is 13.0 Å². The van der Waals surface area contributed by atoms with Crippen molar-refractivity contribution in [2.75, 3.05) is 0 Å². The van der Waals surface area contributed by atoms with Crippen molar-refractivity contribution < 1.29 is 0 Å². The van der Waals surface area contributed by atoms with Crippen molar-refractivity contribution in [2.24, 2.45) is 0 Å². The zero-order chi connectivity index (χ0) is 5.82. The molecule has 1 N–H and O–H groups in total. The minimum absolute atomic E-state index is 0.785. The number of rotatable bonds is 1. The summed E-state index contributed by atoms with van der Waals surface area (Å²) in [7, 11) is 0. The summed E-state index contributed by atoms with van der Waals surface area (Å²) in [6, 6.07) is 0. The van der Waals surface area contributed by atoms with Crippen molar-refractivity contribution in [3.63, 3.8) is 0 Å². The van der Waals surface area contributed by atoms with Crippen LogP contribution in [0, 0.1) is 6.08 Å². The Morgan fingerprint density at radius 3 is 3.25 bits per heavy atom. The average Bonchev–Trinajstić information content (AvgIpc) is 2.19. The van der Waals surface area contributed by atoms with E-state index in [0.717, 1.165) is 5.82 Å². The minimum atomic E-state index is 0.785. The molecule has 0 aliphatic heterocycles. The topological polar surface area (TPSA) is 28.7 Å². The van der Waals surface area contributed by atoms with E-state index in [4.69, 9.17) is 0 Å². The molecule has 1 heterocycles. The first kappa shape index (κ1) is 5.09. The predicted octanol–water partition coefficient (Wildman–Crippen LogP) is 1.14. The first-order valence-electron chi connectivity index (χ1n) is 2.47. The Kier molecular flexibility index (Phi) is 1.47. The SMILES string of the molecule is C/C=[C]/c1ncc[nH]1. The lowest BCUT2D eigenvalue weighted by atomic mass is 10.5. The fourth-order valence-electron chi connectivity index (χ4n) is 0.481. The van der Waals surface area contributed by atoms with Crippen LogP contribution < -0.4 is 0 Å². The second-order valence-corrected chi connectivity index (χ2v) is 1.37. The molecule has 1 rings (SSSR count). The van der Waals surface area contributed by atoms with Crippen LogP contribution >= 0.6 is 0 Å². The molecule has 2 heteroatoms. The zero-order valence-corrected chi connectivity index (χ0v) is 4.68. The van der Waals surface area contributed by atoms with E-state index in [2.05, 4.69) is 16.0 Å². The Balaban J connectivity index is 2.77.